The van der Waals surface area contributed by atoms with Crippen molar-refractivity contribution in [3.05, 3.63) is 47.5 Å². The normalized spacial score (nSPS) is 18.7. The topological polar surface area (TPSA) is 17.1 Å². The van der Waals surface area contributed by atoms with Crippen LogP contribution in [0.1, 0.15) is 43.5 Å². The number of Topliss-reactive ketones (excluding diaryl/α,β-unsaturated/α-hetero) is 1. The Bertz CT molecular complexity index is 651. The first kappa shape index (κ1) is 17.8. The highest BCUT2D eigenvalue weighted by atomic mass is 28.3. The lowest BCUT2D eigenvalue weighted by Crippen LogP contribution is -2.33. The number of carbonyl (C=O) groups excluding carboxylic acids is 1. The minimum absolute atomic E-state index is 0.235. The predicted octanol–water partition coefficient (Wildman–Crippen LogP) is 5.50. The molecule has 1 unspecified atom stereocenters. The van der Waals surface area contributed by atoms with Crippen LogP contribution >= 0.6 is 0 Å². The molecule has 0 saturated heterocycles. The molecule has 0 amide bonds. The van der Waals surface area contributed by atoms with Crippen LogP contribution in [0.2, 0.25) is 19.6 Å². The zero-order chi connectivity index (χ0) is 17.1. The average molecular weight is 325 g/mol. The molecular weight excluding hydrogens is 296 g/mol. The Labute approximate surface area is 142 Å². The molecule has 2 rings (SSSR count). The molecule has 23 heavy (non-hydrogen) atoms. The van der Waals surface area contributed by atoms with Gasteiger partial charge in [-0.3, -0.25) is 4.79 Å². The second kappa shape index (κ2) is 6.89. The van der Waals surface area contributed by atoms with Gasteiger partial charge in [-0.15, -0.1) is 5.54 Å². The van der Waals surface area contributed by atoms with Crippen molar-refractivity contribution in [2.75, 3.05) is 0 Å². The molecule has 0 aromatic heterocycles. The first-order valence-corrected chi connectivity index (χ1v) is 12.0. The second-order valence-electron chi connectivity index (χ2n) is 8.11. The van der Waals surface area contributed by atoms with Gasteiger partial charge in [0.2, 0.25) is 0 Å². The van der Waals surface area contributed by atoms with Gasteiger partial charge in [0, 0.05) is 11.0 Å². The van der Waals surface area contributed by atoms with Gasteiger partial charge in [0.05, 0.1) is 0 Å². The fourth-order valence-corrected chi connectivity index (χ4v) is 3.53. The van der Waals surface area contributed by atoms with Gasteiger partial charge in [-0.2, -0.15) is 0 Å². The smallest absolute Gasteiger partial charge is 0.169 e. The van der Waals surface area contributed by atoms with E-state index in [4.69, 9.17) is 0 Å². The molecule has 1 aromatic carbocycles. The fraction of sp³-hybridized carbons (Fsp3) is 0.476. The van der Waals surface area contributed by atoms with Crippen LogP contribution in [0.4, 0.5) is 0 Å². The molecule has 2 heteroatoms. The summed E-state index contributed by atoms with van der Waals surface area (Å²) in [5.41, 5.74) is 5.12. The minimum atomic E-state index is -1.35. The zero-order valence-corrected chi connectivity index (χ0v) is 16.1. The van der Waals surface area contributed by atoms with E-state index in [1.807, 2.05) is 30.3 Å². The fourth-order valence-electron chi connectivity index (χ4n) is 2.99. The van der Waals surface area contributed by atoms with Crippen molar-refractivity contribution >= 4 is 13.9 Å². The Hall–Kier alpha value is -1.59. The van der Waals surface area contributed by atoms with Gasteiger partial charge in [0.1, 0.15) is 8.07 Å². The molecule has 1 aliphatic carbocycles. The number of hydrogen-bond donors (Lipinski definition) is 0. The highest BCUT2D eigenvalue weighted by Crippen LogP contribution is 2.39. The van der Waals surface area contributed by atoms with E-state index in [0.29, 0.717) is 0 Å². The quantitative estimate of drug-likeness (QED) is 0.407. The van der Waals surface area contributed by atoms with E-state index < -0.39 is 8.07 Å². The zero-order valence-electron chi connectivity index (χ0n) is 15.1. The maximum atomic E-state index is 12.9. The highest BCUT2D eigenvalue weighted by Gasteiger charge is 2.36. The van der Waals surface area contributed by atoms with Crippen LogP contribution in [0.25, 0.3) is 0 Å². The molecule has 122 valence electrons. The molecule has 1 nitrogen and oxygen atoms in total. The number of rotatable bonds is 3. The molecule has 0 saturated carbocycles. The molecule has 1 aliphatic rings. The monoisotopic (exact) mass is 324 g/mol. The molecule has 0 bridgehead atoms. The van der Waals surface area contributed by atoms with Crippen molar-refractivity contribution < 1.29 is 4.79 Å². The number of hydrogen-bond acceptors (Lipinski definition) is 1. The average Bonchev–Trinajstić information content (AvgIpc) is 2.52. The molecule has 0 heterocycles. The van der Waals surface area contributed by atoms with E-state index in [-0.39, 0.29) is 17.1 Å². The third kappa shape index (κ3) is 4.69. The Balaban J connectivity index is 2.25. The molecule has 0 N–H and O–H groups in total. The van der Waals surface area contributed by atoms with E-state index in [1.54, 1.807) is 0 Å². The van der Waals surface area contributed by atoms with Gasteiger partial charge in [0.25, 0.3) is 0 Å². The van der Waals surface area contributed by atoms with Gasteiger partial charge in [-0.25, -0.2) is 0 Å². The van der Waals surface area contributed by atoms with Crippen LogP contribution in [0.5, 0.6) is 0 Å². The van der Waals surface area contributed by atoms with Crippen LogP contribution in [-0.2, 0) is 0 Å². The summed E-state index contributed by atoms with van der Waals surface area (Å²) in [5.74, 6) is 3.91. The SMILES string of the molecule is CC(C)(C(=O)c1ccccc1)C1C=C(C#C[Si](C)(C)C)CCC1. The number of allylic oxidation sites excluding steroid dienone is 2. The van der Waals surface area contributed by atoms with Crippen molar-refractivity contribution in [3.63, 3.8) is 0 Å². The van der Waals surface area contributed by atoms with Crippen LogP contribution in [0.3, 0.4) is 0 Å². The number of ketones is 1. The largest absolute Gasteiger partial charge is 0.294 e. The second-order valence-corrected chi connectivity index (χ2v) is 12.9. The number of carbonyl (C=O) groups is 1. The summed E-state index contributed by atoms with van der Waals surface area (Å²) in [7, 11) is -1.35. The Morgan fingerprint density at radius 2 is 1.83 bits per heavy atom. The van der Waals surface area contributed by atoms with Crippen LogP contribution in [0.15, 0.2) is 42.0 Å². The summed E-state index contributed by atoms with van der Waals surface area (Å²) in [6, 6.07) is 9.66. The predicted molar refractivity (Wildman–Crippen MR) is 101 cm³/mol. The Morgan fingerprint density at radius 1 is 1.17 bits per heavy atom. The maximum Gasteiger partial charge on any atom is 0.169 e. The summed E-state index contributed by atoms with van der Waals surface area (Å²) in [4.78, 5) is 12.9. The van der Waals surface area contributed by atoms with Gasteiger partial charge in [-0.05, 0) is 30.8 Å². The molecule has 0 radical (unpaired) electrons. The summed E-state index contributed by atoms with van der Waals surface area (Å²) in [5, 5.41) is 0. The molecular formula is C21H28OSi. The highest BCUT2D eigenvalue weighted by molar-refractivity contribution is 6.83. The maximum absolute atomic E-state index is 12.9. The lowest BCUT2D eigenvalue weighted by Gasteiger charge is -2.33. The van der Waals surface area contributed by atoms with Gasteiger partial charge < -0.3 is 0 Å². The van der Waals surface area contributed by atoms with Gasteiger partial charge >= 0.3 is 0 Å². The van der Waals surface area contributed by atoms with Crippen molar-refractivity contribution in [2.24, 2.45) is 11.3 Å². The van der Waals surface area contributed by atoms with Crippen molar-refractivity contribution in [1.82, 2.24) is 0 Å². The van der Waals surface area contributed by atoms with Crippen LogP contribution in [0, 0.1) is 22.8 Å². The first-order valence-electron chi connectivity index (χ1n) is 8.54. The van der Waals surface area contributed by atoms with Crippen molar-refractivity contribution in [2.45, 2.75) is 52.8 Å². The van der Waals surface area contributed by atoms with Crippen LogP contribution in [-0.4, -0.2) is 13.9 Å². The Morgan fingerprint density at radius 3 is 2.43 bits per heavy atom. The van der Waals surface area contributed by atoms with E-state index in [0.717, 1.165) is 24.8 Å². The van der Waals surface area contributed by atoms with Crippen LogP contribution < -0.4 is 0 Å². The summed E-state index contributed by atoms with van der Waals surface area (Å²) in [6.45, 7) is 11.0. The first-order chi connectivity index (χ1) is 10.7. The minimum Gasteiger partial charge on any atom is -0.294 e. The molecule has 1 aromatic rings. The van der Waals surface area contributed by atoms with E-state index in [2.05, 4.69) is 51.0 Å². The summed E-state index contributed by atoms with van der Waals surface area (Å²) in [6.07, 6.45) is 5.53. The summed E-state index contributed by atoms with van der Waals surface area (Å²) >= 11 is 0. The van der Waals surface area contributed by atoms with Gasteiger partial charge in [0.15, 0.2) is 5.78 Å². The van der Waals surface area contributed by atoms with Gasteiger partial charge in [-0.1, -0.05) is 75.8 Å². The lowest BCUT2D eigenvalue weighted by atomic mass is 9.69. The third-order valence-corrected chi connectivity index (χ3v) is 5.38. The molecule has 0 spiro atoms. The standard InChI is InChI=1S/C21H28OSi/c1-21(2,20(22)18-11-7-6-8-12-18)19-13-9-10-17(16-19)14-15-23(3,4)5/h6-8,11-12,16,19H,9-10,13H2,1-5H3. The van der Waals surface area contributed by atoms with E-state index in [1.165, 1.54) is 5.57 Å². The van der Waals surface area contributed by atoms with Crippen molar-refractivity contribution in [3.8, 4) is 11.5 Å². The number of benzene rings is 1. The molecule has 0 aliphatic heterocycles. The molecule has 1 atom stereocenters. The lowest BCUT2D eigenvalue weighted by molar-refractivity contribution is 0.0767. The summed E-state index contributed by atoms with van der Waals surface area (Å²) < 4.78 is 0. The third-order valence-electron chi connectivity index (χ3n) is 4.51. The Kier molecular flexibility index (Phi) is 5.32. The van der Waals surface area contributed by atoms with Crippen molar-refractivity contribution in [1.29, 1.82) is 0 Å². The molecule has 0 fully saturated rings. The van der Waals surface area contributed by atoms with E-state index in [9.17, 15) is 4.79 Å². The van der Waals surface area contributed by atoms with E-state index >= 15 is 0 Å².